The second-order valence-corrected chi connectivity index (χ2v) is 8.46. The van der Waals surface area contributed by atoms with Crippen molar-refractivity contribution in [2.45, 2.75) is 84.1 Å². The molecule has 2 heteroatoms. The van der Waals surface area contributed by atoms with Crippen LogP contribution in [0.1, 0.15) is 82.5 Å². The van der Waals surface area contributed by atoms with E-state index in [1.807, 2.05) is 0 Å². The van der Waals surface area contributed by atoms with Crippen LogP contribution in [0.15, 0.2) is 73.1 Å². The van der Waals surface area contributed by atoms with Gasteiger partial charge in [0.15, 0.2) is 0 Å². The maximum atomic E-state index is 2.46. The number of benzene rings is 2. The monoisotopic (exact) mass is 403 g/mol. The molecular weight excluding hydrogens is 364 g/mol. The molecule has 0 saturated carbocycles. The Morgan fingerprint density at radius 2 is 1.23 bits per heavy atom. The molecule has 0 unspecified atom stereocenters. The van der Waals surface area contributed by atoms with Crippen LogP contribution in [0.5, 0.6) is 0 Å². The molecule has 0 aliphatic carbocycles. The lowest BCUT2D eigenvalue weighted by molar-refractivity contribution is -0.703. The Morgan fingerprint density at radius 1 is 0.667 bits per heavy atom. The number of para-hydroxylation sites is 1. The lowest BCUT2D eigenvalue weighted by atomic mass is 10.1. The molecular formula is C28H39N2+. The molecule has 30 heavy (non-hydrogen) atoms. The minimum Gasteiger partial charge on any atom is -0.234 e. The minimum atomic E-state index is 0.959. The summed E-state index contributed by atoms with van der Waals surface area (Å²) in [6, 6.07) is 21.5. The number of imidazole rings is 1. The van der Waals surface area contributed by atoms with Crippen molar-refractivity contribution in [2.24, 2.45) is 0 Å². The van der Waals surface area contributed by atoms with Gasteiger partial charge in [-0.3, -0.25) is 0 Å². The van der Waals surface area contributed by atoms with E-state index in [-0.39, 0.29) is 0 Å². The molecule has 2 nitrogen and oxygen atoms in total. The summed E-state index contributed by atoms with van der Waals surface area (Å²) in [6.07, 6.45) is 19.3. The van der Waals surface area contributed by atoms with Crippen LogP contribution in [0.2, 0.25) is 0 Å². The van der Waals surface area contributed by atoms with E-state index in [4.69, 9.17) is 0 Å². The van der Waals surface area contributed by atoms with Crippen LogP contribution in [0.4, 0.5) is 0 Å². The van der Waals surface area contributed by atoms with E-state index in [1.54, 1.807) is 0 Å². The zero-order chi connectivity index (χ0) is 20.9. The smallest absolute Gasteiger partial charge is 0.234 e. The molecule has 0 bridgehead atoms. The molecule has 0 N–H and O–H groups in total. The molecule has 1 heterocycles. The van der Waals surface area contributed by atoms with Gasteiger partial charge in [0.25, 0.3) is 5.82 Å². The quantitative estimate of drug-likeness (QED) is 0.198. The van der Waals surface area contributed by atoms with Crippen LogP contribution in [0.3, 0.4) is 0 Å². The number of hydrogen-bond donors (Lipinski definition) is 0. The number of aromatic nitrogens is 2. The van der Waals surface area contributed by atoms with E-state index in [1.165, 1.54) is 81.3 Å². The Balaban J connectivity index is 1.52. The Labute approximate surface area is 183 Å². The molecule has 0 aliphatic heterocycles. The van der Waals surface area contributed by atoms with Crippen molar-refractivity contribution >= 4 is 0 Å². The summed E-state index contributed by atoms with van der Waals surface area (Å²) in [5.41, 5.74) is 2.61. The second-order valence-electron chi connectivity index (χ2n) is 8.46. The van der Waals surface area contributed by atoms with Gasteiger partial charge in [-0.25, -0.2) is 4.57 Å². The second kappa shape index (κ2) is 13.1. The first kappa shape index (κ1) is 22.3. The molecule has 0 fully saturated rings. The van der Waals surface area contributed by atoms with E-state index >= 15 is 0 Å². The molecule has 3 rings (SSSR count). The van der Waals surface area contributed by atoms with Crippen LogP contribution >= 0.6 is 0 Å². The third-order valence-corrected chi connectivity index (χ3v) is 6.00. The van der Waals surface area contributed by atoms with Crippen molar-refractivity contribution in [3.05, 3.63) is 84.4 Å². The fourth-order valence-electron chi connectivity index (χ4n) is 4.22. The van der Waals surface area contributed by atoms with Crippen LogP contribution < -0.4 is 4.57 Å². The third-order valence-electron chi connectivity index (χ3n) is 6.00. The largest absolute Gasteiger partial charge is 0.266 e. The van der Waals surface area contributed by atoms with E-state index in [0.29, 0.717) is 0 Å². The van der Waals surface area contributed by atoms with Crippen molar-refractivity contribution in [2.75, 3.05) is 0 Å². The molecule has 0 saturated heterocycles. The normalized spacial score (nSPS) is 11.1. The molecule has 0 spiro atoms. The third kappa shape index (κ3) is 7.16. The average molecular weight is 404 g/mol. The summed E-state index contributed by atoms with van der Waals surface area (Å²) in [6.45, 7) is 3.40. The maximum absolute atomic E-state index is 2.46. The van der Waals surface area contributed by atoms with E-state index in [9.17, 15) is 0 Å². The standard InChI is InChI=1S/C28H39N2/c1-2-3-4-5-6-7-8-9-10-17-22-29-23-24-30(27-20-15-12-16-21-27)28(29)25-26-18-13-11-14-19-26/h11-16,18-21,23-24H,2-10,17,22,25H2,1H3/q+1. The van der Waals surface area contributed by atoms with Crippen molar-refractivity contribution in [3.63, 3.8) is 0 Å². The first-order valence-electron chi connectivity index (χ1n) is 12.1. The zero-order valence-corrected chi connectivity index (χ0v) is 18.8. The summed E-state index contributed by atoms with van der Waals surface area (Å²) in [7, 11) is 0. The Morgan fingerprint density at radius 3 is 1.87 bits per heavy atom. The van der Waals surface area contributed by atoms with Gasteiger partial charge in [0.2, 0.25) is 0 Å². The van der Waals surface area contributed by atoms with Gasteiger partial charge in [-0.15, -0.1) is 0 Å². The lowest BCUT2D eigenvalue weighted by Gasteiger charge is -2.06. The number of nitrogens with zero attached hydrogens (tertiary/aromatic N) is 2. The predicted molar refractivity (Wildman–Crippen MR) is 127 cm³/mol. The van der Waals surface area contributed by atoms with Crippen molar-refractivity contribution in [1.82, 2.24) is 4.57 Å². The highest BCUT2D eigenvalue weighted by molar-refractivity contribution is 5.33. The maximum Gasteiger partial charge on any atom is 0.266 e. The number of rotatable bonds is 14. The van der Waals surface area contributed by atoms with Gasteiger partial charge in [-0.1, -0.05) is 107 Å². The van der Waals surface area contributed by atoms with Crippen LogP contribution in [-0.2, 0) is 13.0 Å². The zero-order valence-electron chi connectivity index (χ0n) is 18.8. The van der Waals surface area contributed by atoms with Gasteiger partial charge in [0.1, 0.15) is 18.1 Å². The highest BCUT2D eigenvalue weighted by Crippen LogP contribution is 2.14. The molecule has 0 aliphatic rings. The van der Waals surface area contributed by atoms with Gasteiger partial charge >= 0.3 is 0 Å². The first-order chi connectivity index (χ1) is 14.9. The number of aryl methyl sites for hydroxylation is 1. The fraction of sp³-hybridized carbons (Fsp3) is 0.464. The van der Waals surface area contributed by atoms with Gasteiger partial charge in [0.05, 0.1) is 13.0 Å². The van der Waals surface area contributed by atoms with Crippen LogP contribution in [0, 0.1) is 0 Å². The predicted octanol–water partition coefficient (Wildman–Crippen LogP) is 7.28. The summed E-state index contributed by atoms with van der Waals surface area (Å²) < 4.78 is 4.81. The number of hydrogen-bond acceptors (Lipinski definition) is 0. The van der Waals surface area contributed by atoms with E-state index in [0.717, 1.165) is 13.0 Å². The average Bonchev–Trinajstić information content (AvgIpc) is 3.18. The molecule has 0 atom stereocenters. The summed E-state index contributed by atoms with van der Waals surface area (Å²) in [4.78, 5) is 0. The molecule has 160 valence electrons. The fourth-order valence-corrected chi connectivity index (χ4v) is 4.22. The SMILES string of the molecule is CCCCCCCCCCCC[n+]1ccn(-c2ccccc2)c1Cc1ccccc1. The van der Waals surface area contributed by atoms with Gasteiger partial charge in [-0.2, -0.15) is 4.57 Å². The van der Waals surface area contributed by atoms with Crippen LogP contribution in [0.25, 0.3) is 5.69 Å². The van der Waals surface area contributed by atoms with Crippen molar-refractivity contribution in [3.8, 4) is 5.69 Å². The summed E-state index contributed by atoms with van der Waals surface area (Å²) in [5.74, 6) is 1.36. The summed E-state index contributed by atoms with van der Waals surface area (Å²) in [5, 5.41) is 0. The number of unbranched alkanes of at least 4 members (excludes halogenated alkanes) is 9. The topological polar surface area (TPSA) is 8.81 Å². The lowest BCUT2D eigenvalue weighted by Crippen LogP contribution is -2.37. The molecule has 1 aromatic heterocycles. The van der Waals surface area contributed by atoms with Gasteiger partial charge in [0, 0.05) is 0 Å². The van der Waals surface area contributed by atoms with E-state index in [2.05, 4.69) is 89.1 Å². The molecule has 0 amide bonds. The minimum absolute atomic E-state index is 0.959. The highest BCUT2D eigenvalue weighted by atomic mass is 15.1. The van der Waals surface area contributed by atoms with Crippen molar-refractivity contribution < 1.29 is 4.57 Å². The molecule has 2 aromatic carbocycles. The van der Waals surface area contributed by atoms with Gasteiger partial charge < -0.3 is 0 Å². The van der Waals surface area contributed by atoms with Crippen molar-refractivity contribution in [1.29, 1.82) is 0 Å². The molecule has 3 aromatic rings. The Bertz CT molecular complexity index is 820. The van der Waals surface area contributed by atoms with Gasteiger partial charge in [-0.05, 0) is 30.5 Å². The van der Waals surface area contributed by atoms with E-state index < -0.39 is 0 Å². The first-order valence-corrected chi connectivity index (χ1v) is 12.1. The van der Waals surface area contributed by atoms with Crippen LogP contribution in [-0.4, -0.2) is 4.57 Å². The Hall–Kier alpha value is -2.35. The summed E-state index contributed by atoms with van der Waals surface area (Å²) >= 11 is 0. The molecule has 0 radical (unpaired) electrons. The Kier molecular flexibility index (Phi) is 9.72. The highest BCUT2D eigenvalue weighted by Gasteiger charge is 2.19.